The number of nitrogens with zero attached hydrogens (tertiary/aromatic N) is 2. The molecule has 2 aromatic rings. The average molecular weight is 682 g/mol. The zero-order valence-corrected chi connectivity index (χ0v) is 29.6. The standard InChI is InChI=1S/C40H48N4O6/c1-43(2)28-14-17-31-34(24-28)50-35-25-29(44(3)4)15-18-32(35)37(31)30-16-13-27(23-33(30)39(47)48)38(46)42-22-12-8-11-21-41-36(45)26-40(49)19-9-6-5-7-10-20-40/h5-6,13-18,23-25,49H,7-12,19-22,26H2,1-4H3,(H2-,41,42,45,46,47,48)/p+1. The third-order valence-electron chi connectivity index (χ3n) is 9.41. The lowest BCUT2D eigenvalue weighted by atomic mass is 9.86. The predicted molar refractivity (Wildman–Crippen MR) is 198 cm³/mol. The van der Waals surface area contributed by atoms with E-state index in [2.05, 4.69) is 22.8 Å². The molecule has 0 aromatic heterocycles. The van der Waals surface area contributed by atoms with Crippen LogP contribution < -0.4 is 25.5 Å². The molecule has 0 saturated carbocycles. The summed E-state index contributed by atoms with van der Waals surface area (Å²) >= 11 is 0. The molecule has 10 heteroatoms. The summed E-state index contributed by atoms with van der Waals surface area (Å²) in [6, 6.07) is 16.5. The van der Waals surface area contributed by atoms with Crippen molar-refractivity contribution in [1.29, 1.82) is 0 Å². The Morgan fingerprint density at radius 2 is 1.62 bits per heavy atom. The Morgan fingerprint density at radius 3 is 2.36 bits per heavy atom. The molecule has 2 aliphatic carbocycles. The second-order valence-electron chi connectivity index (χ2n) is 13.7. The maximum absolute atomic E-state index is 13.1. The highest BCUT2D eigenvalue weighted by Gasteiger charge is 2.29. The van der Waals surface area contributed by atoms with Crippen molar-refractivity contribution in [3.8, 4) is 22.5 Å². The first-order valence-electron chi connectivity index (χ1n) is 17.4. The Balaban J connectivity index is 1.25. The summed E-state index contributed by atoms with van der Waals surface area (Å²) in [5.41, 5.74) is 2.91. The van der Waals surface area contributed by atoms with Crippen molar-refractivity contribution in [3.63, 3.8) is 0 Å². The van der Waals surface area contributed by atoms with E-state index in [9.17, 15) is 24.6 Å². The third kappa shape index (κ3) is 8.79. The van der Waals surface area contributed by atoms with Crippen LogP contribution >= 0.6 is 0 Å². The number of aliphatic hydroxyl groups is 1. The van der Waals surface area contributed by atoms with E-state index in [4.69, 9.17) is 4.42 Å². The summed E-state index contributed by atoms with van der Waals surface area (Å²) in [5.74, 6) is -0.992. The fourth-order valence-corrected chi connectivity index (χ4v) is 6.55. The van der Waals surface area contributed by atoms with E-state index < -0.39 is 11.6 Å². The number of anilines is 1. The van der Waals surface area contributed by atoms with Gasteiger partial charge >= 0.3 is 5.97 Å². The number of carboxylic acid groups (broad SMARTS) is 1. The van der Waals surface area contributed by atoms with Crippen LogP contribution in [0, 0.1) is 0 Å². The zero-order valence-electron chi connectivity index (χ0n) is 29.6. The van der Waals surface area contributed by atoms with Crippen molar-refractivity contribution in [2.45, 2.75) is 63.4 Å². The van der Waals surface area contributed by atoms with E-state index in [0.29, 0.717) is 49.3 Å². The van der Waals surface area contributed by atoms with Crippen LogP contribution in [-0.2, 0) is 4.79 Å². The second-order valence-corrected chi connectivity index (χ2v) is 13.7. The molecule has 0 radical (unpaired) electrons. The number of unbranched alkanes of at least 4 members (excludes halogenated alkanes) is 2. The summed E-state index contributed by atoms with van der Waals surface area (Å²) in [6.07, 6.45) is 10.4. The van der Waals surface area contributed by atoms with Crippen LogP contribution in [0.4, 0.5) is 5.69 Å². The molecular weight excluding hydrogens is 632 g/mol. The van der Waals surface area contributed by atoms with Gasteiger partial charge < -0.3 is 30.2 Å². The highest BCUT2D eigenvalue weighted by Crippen LogP contribution is 2.42. The van der Waals surface area contributed by atoms with E-state index >= 15 is 0 Å². The molecule has 2 amide bonds. The first-order chi connectivity index (χ1) is 24.0. The van der Waals surface area contributed by atoms with Crippen LogP contribution in [0.15, 0.2) is 71.2 Å². The highest BCUT2D eigenvalue weighted by molar-refractivity contribution is 6.09. The van der Waals surface area contributed by atoms with Crippen molar-refractivity contribution < 1.29 is 29.0 Å². The molecule has 264 valence electrons. The SMILES string of the molecule is CN(C)c1ccc2c(-c3ccc(C(=O)NCCCCCNC(=O)CC4(O)CCC=CCCC4)cc3C(=O)O)c3ccc(=[N+](C)C)cc-3oc2c1. The van der Waals surface area contributed by atoms with Crippen molar-refractivity contribution in [2.24, 2.45) is 0 Å². The molecule has 3 aliphatic rings. The normalized spacial score (nSPS) is 16.1. The summed E-state index contributed by atoms with van der Waals surface area (Å²) in [6.45, 7) is 0.928. The maximum Gasteiger partial charge on any atom is 0.336 e. The molecule has 0 bridgehead atoms. The second kappa shape index (κ2) is 16.2. The molecule has 1 atom stereocenters. The van der Waals surface area contributed by atoms with Crippen LogP contribution in [0.3, 0.4) is 0 Å². The van der Waals surface area contributed by atoms with Gasteiger partial charge in [0.15, 0.2) is 0 Å². The Morgan fingerprint density at radius 1 is 0.880 bits per heavy atom. The van der Waals surface area contributed by atoms with Gasteiger partial charge in [0, 0.05) is 67.1 Å². The molecule has 0 spiro atoms. The van der Waals surface area contributed by atoms with Crippen molar-refractivity contribution in [1.82, 2.24) is 15.2 Å². The Labute approximate surface area is 293 Å². The summed E-state index contributed by atoms with van der Waals surface area (Å²) in [7, 11) is 7.80. The number of aromatic carboxylic acids is 1. The van der Waals surface area contributed by atoms with Gasteiger partial charge in [-0.1, -0.05) is 18.2 Å². The van der Waals surface area contributed by atoms with Gasteiger partial charge in [-0.3, -0.25) is 9.59 Å². The van der Waals surface area contributed by atoms with Gasteiger partial charge in [0.05, 0.1) is 23.7 Å². The van der Waals surface area contributed by atoms with E-state index in [1.165, 1.54) is 6.07 Å². The van der Waals surface area contributed by atoms with Gasteiger partial charge in [-0.05, 0) is 87.3 Å². The lowest BCUT2D eigenvalue weighted by Gasteiger charge is -2.28. The largest absolute Gasteiger partial charge is 0.478 e. The lowest BCUT2D eigenvalue weighted by molar-refractivity contribution is -0.126. The van der Waals surface area contributed by atoms with Crippen LogP contribution in [0.25, 0.3) is 33.4 Å². The predicted octanol–water partition coefficient (Wildman–Crippen LogP) is 5.66. The van der Waals surface area contributed by atoms with Gasteiger partial charge in [0.1, 0.15) is 25.4 Å². The summed E-state index contributed by atoms with van der Waals surface area (Å²) < 4.78 is 8.37. The van der Waals surface area contributed by atoms with E-state index in [0.717, 1.165) is 59.7 Å². The van der Waals surface area contributed by atoms with Crippen LogP contribution in [0.5, 0.6) is 0 Å². The third-order valence-corrected chi connectivity index (χ3v) is 9.41. The summed E-state index contributed by atoms with van der Waals surface area (Å²) in [5, 5.41) is 28.7. The topological polar surface area (TPSA) is 135 Å². The Kier molecular flexibility index (Phi) is 11.7. The fourth-order valence-electron chi connectivity index (χ4n) is 6.55. The molecular formula is C40H49N4O6+. The van der Waals surface area contributed by atoms with Gasteiger partial charge in [0.2, 0.25) is 11.3 Å². The zero-order chi connectivity index (χ0) is 35.8. The Hall–Kier alpha value is -4.96. The van der Waals surface area contributed by atoms with Gasteiger partial charge in [-0.15, -0.1) is 0 Å². The number of carbonyl (C=O) groups excluding carboxylic acids is 2. The number of amides is 2. The lowest BCUT2D eigenvalue weighted by Crippen LogP contribution is -2.37. The molecule has 5 rings (SSSR count). The Bertz CT molecular complexity index is 1940. The first-order valence-corrected chi connectivity index (χ1v) is 17.4. The minimum atomic E-state index is -1.13. The monoisotopic (exact) mass is 681 g/mol. The van der Waals surface area contributed by atoms with Crippen molar-refractivity contribution >= 4 is 34.4 Å². The number of hydrogen-bond donors (Lipinski definition) is 4. The van der Waals surface area contributed by atoms with Crippen molar-refractivity contribution in [2.75, 3.05) is 46.2 Å². The molecule has 50 heavy (non-hydrogen) atoms. The molecule has 1 aliphatic heterocycles. The minimum Gasteiger partial charge on any atom is -0.478 e. The van der Waals surface area contributed by atoms with Crippen LogP contribution in [-0.4, -0.2) is 74.9 Å². The summed E-state index contributed by atoms with van der Waals surface area (Å²) in [4.78, 5) is 40.2. The highest BCUT2D eigenvalue weighted by atomic mass is 16.4. The molecule has 0 fully saturated rings. The number of allylic oxidation sites excluding steroid dienone is 2. The molecule has 0 saturated heterocycles. The number of fused-ring (bicyclic) bond motifs is 2. The quantitative estimate of drug-likeness (QED) is 0.0656. The number of rotatable bonds is 12. The molecule has 10 nitrogen and oxygen atoms in total. The van der Waals surface area contributed by atoms with E-state index in [1.807, 2.05) is 74.1 Å². The molecule has 1 unspecified atom stereocenters. The minimum absolute atomic E-state index is 0.0242. The number of carbonyl (C=O) groups is 3. The first kappa shape index (κ1) is 36.3. The molecule has 1 heterocycles. The van der Waals surface area contributed by atoms with Gasteiger partial charge in [0.25, 0.3) is 5.91 Å². The molecule has 4 N–H and O–H groups in total. The number of hydrogen-bond acceptors (Lipinski definition) is 6. The van der Waals surface area contributed by atoms with Gasteiger partial charge in [-0.25, -0.2) is 9.37 Å². The van der Waals surface area contributed by atoms with Crippen LogP contribution in [0.2, 0.25) is 0 Å². The average Bonchev–Trinajstić information content (AvgIpc) is 3.07. The number of benzene rings is 3. The smallest absolute Gasteiger partial charge is 0.336 e. The van der Waals surface area contributed by atoms with Crippen LogP contribution in [0.1, 0.15) is 78.5 Å². The number of carboxylic acids is 1. The van der Waals surface area contributed by atoms with E-state index in [1.54, 1.807) is 12.1 Å². The molecule has 2 aromatic carbocycles. The van der Waals surface area contributed by atoms with E-state index in [-0.39, 0.29) is 29.4 Å². The fraction of sp³-hybridized carbons (Fsp3) is 0.400. The van der Waals surface area contributed by atoms with Gasteiger partial charge in [-0.2, -0.15) is 0 Å². The number of nitrogens with one attached hydrogen (secondary N) is 2. The van der Waals surface area contributed by atoms with Crippen molar-refractivity contribution in [3.05, 3.63) is 83.2 Å². The maximum atomic E-state index is 13.1.